The summed E-state index contributed by atoms with van der Waals surface area (Å²) in [5.41, 5.74) is 2.73. The molecule has 24 heavy (non-hydrogen) atoms. The number of pyridine rings is 1. The van der Waals surface area contributed by atoms with Gasteiger partial charge in [0, 0.05) is 29.7 Å². The van der Waals surface area contributed by atoms with Gasteiger partial charge in [-0.1, -0.05) is 55.1 Å². The van der Waals surface area contributed by atoms with Crippen LogP contribution in [0.4, 0.5) is 0 Å². The first-order valence-electron chi connectivity index (χ1n) is 8.40. The Morgan fingerprint density at radius 2 is 1.88 bits per heavy atom. The number of para-hydroxylation sites is 1. The van der Waals surface area contributed by atoms with E-state index in [0.717, 1.165) is 53.3 Å². The van der Waals surface area contributed by atoms with E-state index in [9.17, 15) is 0 Å². The van der Waals surface area contributed by atoms with Crippen molar-refractivity contribution in [1.82, 2.24) is 10.5 Å². The highest BCUT2D eigenvalue weighted by Gasteiger charge is 2.38. The number of fused-ring (bicyclic) bond motifs is 1. The highest BCUT2D eigenvalue weighted by atomic mass is 35.5. The Balaban J connectivity index is 1.86. The summed E-state index contributed by atoms with van der Waals surface area (Å²) in [6.07, 6.45) is 8.64. The van der Waals surface area contributed by atoms with E-state index in [1.807, 2.05) is 36.5 Å². The molecule has 0 saturated carbocycles. The molecule has 1 atom stereocenters. The average molecular weight is 344 g/mol. The molecular formula is C19H22ClN3O. The van der Waals surface area contributed by atoms with Crippen LogP contribution in [0.5, 0.6) is 0 Å². The van der Waals surface area contributed by atoms with E-state index in [4.69, 9.17) is 21.8 Å². The zero-order valence-corrected chi connectivity index (χ0v) is 14.3. The van der Waals surface area contributed by atoms with Crippen LogP contribution in [0.3, 0.4) is 0 Å². The Labute approximate surface area is 146 Å². The molecule has 0 spiro atoms. The van der Waals surface area contributed by atoms with Crippen molar-refractivity contribution in [3.63, 3.8) is 0 Å². The molecule has 1 unspecified atom stereocenters. The third-order valence-electron chi connectivity index (χ3n) is 4.53. The van der Waals surface area contributed by atoms with Crippen LogP contribution in [0.15, 0.2) is 53.8 Å². The van der Waals surface area contributed by atoms with E-state index >= 15 is 0 Å². The van der Waals surface area contributed by atoms with Crippen LogP contribution in [0, 0.1) is 0 Å². The van der Waals surface area contributed by atoms with Crippen LogP contribution in [-0.4, -0.2) is 16.7 Å². The first-order chi connectivity index (χ1) is 11.8. The van der Waals surface area contributed by atoms with Crippen LogP contribution in [0.2, 0.25) is 0 Å². The molecule has 1 aromatic carbocycles. The van der Waals surface area contributed by atoms with E-state index in [-0.39, 0.29) is 0 Å². The predicted molar refractivity (Wildman–Crippen MR) is 95.3 cm³/mol. The topological polar surface area (TPSA) is 57.5 Å². The van der Waals surface area contributed by atoms with Crippen molar-refractivity contribution in [1.29, 1.82) is 0 Å². The van der Waals surface area contributed by atoms with Gasteiger partial charge >= 0.3 is 0 Å². The molecule has 5 heteroatoms. The SMILES string of the molecule is ONCCCCCCC1(c2cccnc2)N=c2ccccc2=C1Cl. The number of nitrogens with zero attached hydrogens (tertiary/aromatic N) is 2. The fourth-order valence-electron chi connectivity index (χ4n) is 3.28. The van der Waals surface area contributed by atoms with Gasteiger partial charge in [0.2, 0.25) is 0 Å². The molecule has 0 aliphatic carbocycles. The van der Waals surface area contributed by atoms with Crippen LogP contribution >= 0.6 is 11.6 Å². The largest absolute Gasteiger partial charge is 0.317 e. The highest BCUT2D eigenvalue weighted by molar-refractivity contribution is 6.47. The summed E-state index contributed by atoms with van der Waals surface area (Å²) < 4.78 is 0. The minimum absolute atomic E-state index is 0.519. The lowest BCUT2D eigenvalue weighted by Crippen LogP contribution is -2.24. The summed E-state index contributed by atoms with van der Waals surface area (Å²) in [7, 11) is 0. The van der Waals surface area contributed by atoms with Gasteiger partial charge in [0.05, 0.1) is 10.4 Å². The second-order valence-electron chi connectivity index (χ2n) is 6.12. The molecule has 1 aliphatic rings. The van der Waals surface area contributed by atoms with E-state index in [2.05, 4.69) is 16.5 Å². The summed E-state index contributed by atoms with van der Waals surface area (Å²) in [5.74, 6) is 0. The number of benzene rings is 1. The molecule has 126 valence electrons. The Kier molecular flexibility index (Phi) is 5.61. The molecule has 0 bridgehead atoms. The third-order valence-corrected chi connectivity index (χ3v) is 5.05. The van der Waals surface area contributed by atoms with Crippen LogP contribution in [0.1, 0.15) is 37.7 Å². The van der Waals surface area contributed by atoms with Gasteiger partial charge in [-0.05, 0) is 25.0 Å². The maximum Gasteiger partial charge on any atom is 0.124 e. The summed E-state index contributed by atoms with van der Waals surface area (Å²) in [4.78, 5) is 9.28. The number of unbranched alkanes of at least 4 members (excludes halogenated alkanes) is 3. The average Bonchev–Trinajstić information content (AvgIpc) is 2.92. The maximum absolute atomic E-state index is 8.63. The molecule has 1 aliphatic heterocycles. The molecule has 4 nitrogen and oxygen atoms in total. The molecule has 0 radical (unpaired) electrons. The minimum Gasteiger partial charge on any atom is -0.317 e. The lowest BCUT2D eigenvalue weighted by Gasteiger charge is -2.27. The van der Waals surface area contributed by atoms with Crippen LogP contribution in [0.25, 0.3) is 5.03 Å². The minimum atomic E-state index is -0.519. The Morgan fingerprint density at radius 3 is 2.62 bits per heavy atom. The van der Waals surface area contributed by atoms with Gasteiger partial charge in [-0.15, -0.1) is 0 Å². The lowest BCUT2D eigenvalue weighted by molar-refractivity contribution is 0.164. The normalized spacial score (nSPS) is 19.2. The summed E-state index contributed by atoms with van der Waals surface area (Å²) in [5, 5.41) is 11.4. The van der Waals surface area contributed by atoms with Crippen molar-refractivity contribution in [2.45, 2.75) is 37.6 Å². The van der Waals surface area contributed by atoms with E-state index < -0.39 is 5.54 Å². The number of hydroxylamine groups is 1. The quantitative estimate of drug-likeness (QED) is 0.572. The number of aromatic nitrogens is 1. The van der Waals surface area contributed by atoms with Crippen molar-refractivity contribution in [2.75, 3.05) is 6.54 Å². The fourth-order valence-corrected chi connectivity index (χ4v) is 3.69. The molecule has 2 heterocycles. The van der Waals surface area contributed by atoms with Gasteiger partial charge in [0.25, 0.3) is 0 Å². The smallest absolute Gasteiger partial charge is 0.124 e. The number of rotatable bonds is 8. The molecular weight excluding hydrogens is 322 g/mol. The number of halogens is 1. The Bertz CT molecular complexity index is 794. The van der Waals surface area contributed by atoms with Gasteiger partial charge < -0.3 is 5.21 Å². The Morgan fingerprint density at radius 1 is 1.04 bits per heavy atom. The Hall–Kier alpha value is -1.75. The van der Waals surface area contributed by atoms with Gasteiger partial charge in [0.15, 0.2) is 0 Å². The van der Waals surface area contributed by atoms with Gasteiger partial charge in [-0.2, -0.15) is 0 Å². The van der Waals surface area contributed by atoms with E-state index in [1.54, 1.807) is 6.20 Å². The highest BCUT2D eigenvalue weighted by Crippen LogP contribution is 2.42. The number of hydrogen-bond acceptors (Lipinski definition) is 4. The van der Waals surface area contributed by atoms with Crippen molar-refractivity contribution in [2.24, 2.45) is 4.99 Å². The van der Waals surface area contributed by atoms with Crippen LogP contribution in [-0.2, 0) is 5.54 Å². The molecule has 2 aromatic rings. The lowest BCUT2D eigenvalue weighted by atomic mass is 9.86. The zero-order chi connectivity index (χ0) is 16.8. The van der Waals surface area contributed by atoms with Gasteiger partial charge in [-0.3, -0.25) is 9.98 Å². The number of hydrogen-bond donors (Lipinski definition) is 2. The van der Waals surface area contributed by atoms with Gasteiger partial charge in [-0.25, -0.2) is 5.48 Å². The first-order valence-corrected chi connectivity index (χ1v) is 8.78. The molecule has 2 N–H and O–H groups in total. The number of nitrogens with one attached hydrogen (secondary N) is 1. The monoisotopic (exact) mass is 343 g/mol. The van der Waals surface area contributed by atoms with Crippen molar-refractivity contribution in [3.8, 4) is 0 Å². The fraction of sp³-hybridized carbons (Fsp3) is 0.368. The molecule has 1 aromatic heterocycles. The molecule has 0 amide bonds. The van der Waals surface area contributed by atoms with Crippen molar-refractivity contribution >= 4 is 16.6 Å². The molecule has 0 saturated heterocycles. The predicted octanol–water partition coefficient (Wildman–Crippen LogP) is 2.89. The maximum atomic E-state index is 8.63. The van der Waals surface area contributed by atoms with Crippen LogP contribution < -0.4 is 16.1 Å². The van der Waals surface area contributed by atoms with E-state index in [0.29, 0.717) is 6.54 Å². The van der Waals surface area contributed by atoms with E-state index in [1.165, 1.54) is 0 Å². The van der Waals surface area contributed by atoms with Crippen molar-refractivity contribution < 1.29 is 5.21 Å². The molecule has 0 fully saturated rings. The zero-order valence-electron chi connectivity index (χ0n) is 13.6. The first kappa shape index (κ1) is 17.1. The summed E-state index contributed by atoms with van der Waals surface area (Å²) in [6.45, 7) is 0.635. The third kappa shape index (κ3) is 3.36. The van der Waals surface area contributed by atoms with Crippen molar-refractivity contribution in [3.05, 3.63) is 64.9 Å². The molecule has 3 rings (SSSR count). The van der Waals surface area contributed by atoms with Gasteiger partial charge in [0.1, 0.15) is 5.54 Å². The summed E-state index contributed by atoms with van der Waals surface area (Å²) >= 11 is 6.81. The standard InChI is InChI=1S/C19H22ClN3O/c20-18-16-9-3-4-10-17(16)23-19(18,15-8-7-12-21-14-15)11-5-1-2-6-13-22-24/h3-4,7-10,12,14,22,24H,1-2,5-6,11,13H2. The second kappa shape index (κ2) is 7.88. The second-order valence-corrected chi connectivity index (χ2v) is 6.50. The summed E-state index contributed by atoms with van der Waals surface area (Å²) in [6, 6.07) is 12.0.